The molecule has 1 saturated carbocycles. The molecule has 4 rings (SSSR count). The van der Waals surface area contributed by atoms with E-state index in [1.165, 1.54) is 0 Å². The Morgan fingerprint density at radius 2 is 1.48 bits per heavy atom. The molecule has 6 heteroatoms. The standard InChI is InChI=1S/C19H31N3O3/c23-18(15-4-5-15)21-9-2-8-20(12-13-21)16-6-10-22(11-7-16)19(24)17-3-1-14-25-17/h15-17H,1-14H2. The predicted octanol–water partition coefficient (Wildman–Crippen LogP) is 1.10. The van der Waals surface area contributed by atoms with Crippen LogP contribution in [-0.2, 0) is 14.3 Å². The second kappa shape index (κ2) is 7.62. The van der Waals surface area contributed by atoms with Crippen LogP contribution in [0, 0.1) is 5.92 Å². The minimum absolute atomic E-state index is 0.184. The van der Waals surface area contributed by atoms with Crippen molar-refractivity contribution in [3.8, 4) is 0 Å². The van der Waals surface area contributed by atoms with Gasteiger partial charge in [0.15, 0.2) is 0 Å². The highest BCUT2D eigenvalue weighted by atomic mass is 16.5. The van der Waals surface area contributed by atoms with Crippen LogP contribution < -0.4 is 0 Å². The Labute approximate surface area is 150 Å². The van der Waals surface area contributed by atoms with E-state index in [1.807, 2.05) is 4.90 Å². The van der Waals surface area contributed by atoms with Crippen LogP contribution in [0.15, 0.2) is 0 Å². The minimum atomic E-state index is -0.184. The molecule has 3 saturated heterocycles. The average molecular weight is 349 g/mol. The first-order valence-corrected chi connectivity index (χ1v) is 10.2. The second-order valence-electron chi connectivity index (χ2n) is 8.05. The second-order valence-corrected chi connectivity index (χ2v) is 8.05. The summed E-state index contributed by atoms with van der Waals surface area (Å²) < 4.78 is 5.55. The number of carbonyl (C=O) groups is 2. The molecule has 140 valence electrons. The molecule has 2 amide bonds. The number of piperidine rings is 1. The summed E-state index contributed by atoms with van der Waals surface area (Å²) in [5.74, 6) is 0.922. The van der Waals surface area contributed by atoms with E-state index < -0.39 is 0 Å². The molecule has 6 nitrogen and oxygen atoms in total. The fourth-order valence-electron chi connectivity index (χ4n) is 4.54. The zero-order valence-electron chi connectivity index (χ0n) is 15.2. The van der Waals surface area contributed by atoms with Crippen LogP contribution in [0.2, 0.25) is 0 Å². The van der Waals surface area contributed by atoms with Gasteiger partial charge in [-0.2, -0.15) is 0 Å². The first-order chi connectivity index (χ1) is 12.2. The van der Waals surface area contributed by atoms with E-state index in [9.17, 15) is 9.59 Å². The summed E-state index contributed by atoms with van der Waals surface area (Å²) in [6.45, 7) is 6.31. The highest BCUT2D eigenvalue weighted by Crippen LogP contribution is 2.31. The fraction of sp³-hybridized carbons (Fsp3) is 0.895. The Hall–Kier alpha value is -1.14. The zero-order valence-corrected chi connectivity index (χ0v) is 15.2. The molecule has 0 spiro atoms. The number of likely N-dealkylation sites (tertiary alicyclic amines) is 1. The predicted molar refractivity (Wildman–Crippen MR) is 94.1 cm³/mol. The molecule has 0 aromatic rings. The highest BCUT2D eigenvalue weighted by molar-refractivity contribution is 5.81. The zero-order chi connectivity index (χ0) is 17.2. The van der Waals surface area contributed by atoms with Crippen molar-refractivity contribution in [2.45, 2.75) is 57.1 Å². The van der Waals surface area contributed by atoms with Crippen molar-refractivity contribution in [3.05, 3.63) is 0 Å². The molecule has 1 atom stereocenters. The van der Waals surface area contributed by atoms with Gasteiger partial charge in [0.25, 0.3) is 5.91 Å². The van der Waals surface area contributed by atoms with E-state index in [0.29, 0.717) is 17.9 Å². The number of carbonyl (C=O) groups excluding carboxylic acids is 2. The number of ether oxygens (including phenoxy) is 1. The summed E-state index contributed by atoms with van der Waals surface area (Å²) in [4.78, 5) is 31.4. The third kappa shape index (κ3) is 4.00. The minimum Gasteiger partial charge on any atom is -0.368 e. The van der Waals surface area contributed by atoms with Crippen molar-refractivity contribution in [1.82, 2.24) is 14.7 Å². The summed E-state index contributed by atoms with van der Waals surface area (Å²) in [6.07, 6.45) is 7.08. The average Bonchev–Trinajstić information content (AvgIpc) is 3.41. The normalized spacial score (nSPS) is 29.7. The van der Waals surface area contributed by atoms with Crippen LogP contribution in [0.3, 0.4) is 0 Å². The molecular weight excluding hydrogens is 318 g/mol. The van der Waals surface area contributed by atoms with Gasteiger partial charge < -0.3 is 14.5 Å². The van der Waals surface area contributed by atoms with Gasteiger partial charge in [-0.25, -0.2) is 0 Å². The molecule has 4 aliphatic rings. The fourth-order valence-corrected chi connectivity index (χ4v) is 4.54. The SMILES string of the molecule is O=C(C1CC1)N1CCCN(C2CCN(C(=O)C3CCCO3)CC2)CC1. The lowest BCUT2D eigenvalue weighted by molar-refractivity contribution is -0.142. The number of amides is 2. The van der Waals surface area contributed by atoms with Gasteiger partial charge >= 0.3 is 0 Å². The van der Waals surface area contributed by atoms with Gasteiger partial charge in [-0.15, -0.1) is 0 Å². The molecule has 0 aromatic heterocycles. The van der Waals surface area contributed by atoms with Crippen LogP contribution >= 0.6 is 0 Å². The first-order valence-electron chi connectivity index (χ1n) is 10.2. The van der Waals surface area contributed by atoms with Gasteiger partial charge in [-0.05, 0) is 44.9 Å². The summed E-state index contributed by atoms with van der Waals surface area (Å²) in [6, 6.07) is 0.560. The summed E-state index contributed by atoms with van der Waals surface area (Å²) in [5.41, 5.74) is 0. The molecule has 0 radical (unpaired) electrons. The lowest BCUT2D eigenvalue weighted by Gasteiger charge is -2.38. The number of rotatable bonds is 3. The maximum absolute atomic E-state index is 12.5. The summed E-state index contributed by atoms with van der Waals surface area (Å²) in [5, 5.41) is 0. The maximum Gasteiger partial charge on any atom is 0.251 e. The Morgan fingerprint density at radius 3 is 2.16 bits per heavy atom. The molecule has 0 N–H and O–H groups in total. The molecule has 0 bridgehead atoms. The lowest BCUT2D eigenvalue weighted by atomic mass is 10.0. The van der Waals surface area contributed by atoms with Crippen LogP contribution in [0.1, 0.15) is 44.9 Å². The third-order valence-corrected chi connectivity index (χ3v) is 6.27. The monoisotopic (exact) mass is 349 g/mol. The van der Waals surface area contributed by atoms with Gasteiger partial charge in [-0.3, -0.25) is 14.5 Å². The van der Waals surface area contributed by atoms with Crippen molar-refractivity contribution in [1.29, 1.82) is 0 Å². The van der Waals surface area contributed by atoms with Crippen LogP contribution in [0.4, 0.5) is 0 Å². The smallest absolute Gasteiger partial charge is 0.251 e. The Balaban J connectivity index is 1.24. The molecule has 0 aromatic carbocycles. The van der Waals surface area contributed by atoms with Crippen LogP contribution in [0.25, 0.3) is 0 Å². The quantitative estimate of drug-likeness (QED) is 0.766. The van der Waals surface area contributed by atoms with E-state index in [0.717, 1.165) is 90.8 Å². The van der Waals surface area contributed by atoms with E-state index in [1.54, 1.807) is 0 Å². The Bertz CT molecular complexity index is 494. The van der Waals surface area contributed by atoms with Crippen LogP contribution in [-0.4, -0.2) is 84.5 Å². The molecule has 25 heavy (non-hydrogen) atoms. The van der Waals surface area contributed by atoms with Gasteiger partial charge in [-0.1, -0.05) is 0 Å². The summed E-state index contributed by atoms with van der Waals surface area (Å²) in [7, 11) is 0. The highest BCUT2D eigenvalue weighted by Gasteiger charge is 2.36. The van der Waals surface area contributed by atoms with E-state index in [4.69, 9.17) is 4.74 Å². The number of nitrogens with zero attached hydrogens (tertiary/aromatic N) is 3. The lowest BCUT2D eigenvalue weighted by Crippen LogP contribution is -2.50. The van der Waals surface area contributed by atoms with E-state index >= 15 is 0 Å². The molecule has 3 heterocycles. The molecule has 1 aliphatic carbocycles. The van der Waals surface area contributed by atoms with E-state index in [-0.39, 0.29) is 12.0 Å². The molecule has 4 fully saturated rings. The first kappa shape index (κ1) is 17.3. The molecule has 3 aliphatic heterocycles. The van der Waals surface area contributed by atoms with Crippen LogP contribution in [0.5, 0.6) is 0 Å². The summed E-state index contributed by atoms with van der Waals surface area (Å²) >= 11 is 0. The molecular formula is C19H31N3O3. The van der Waals surface area contributed by atoms with Gasteiger partial charge in [0.05, 0.1) is 0 Å². The van der Waals surface area contributed by atoms with Gasteiger partial charge in [0.2, 0.25) is 5.91 Å². The van der Waals surface area contributed by atoms with Crippen molar-refractivity contribution < 1.29 is 14.3 Å². The Kier molecular flexibility index (Phi) is 5.27. The van der Waals surface area contributed by atoms with Crippen molar-refractivity contribution in [3.63, 3.8) is 0 Å². The number of hydrogen-bond donors (Lipinski definition) is 0. The van der Waals surface area contributed by atoms with Gasteiger partial charge in [0, 0.05) is 57.8 Å². The third-order valence-electron chi connectivity index (χ3n) is 6.27. The number of hydrogen-bond acceptors (Lipinski definition) is 4. The maximum atomic E-state index is 12.5. The van der Waals surface area contributed by atoms with Crippen molar-refractivity contribution >= 4 is 11.8 Å². The van der Waals surface area contributed by atoms with Crippen molar-refractivity contribution in [2.75, 3.05) is 45.9 Å². The Morgan fingerprint density at radius 1 is 0.720 bits per heavy atom. The van der Waals surface area contributed by atoms with Gasteiger partial charge in [0.1, 0.15) is 6.10 Å². The van der Waals surface area contributed by atoms with Crippen molar-refractivity contribution in [2.24, 2.45) is 5.92 Å². The topological polar surface area (TPSA) is 53.1 Å². The van der Waals surface area contributed by atoms with E-state index in [2.05, 4.69) is 9.80 Å². The largest absolute Gasteiger partial charge is 0.368 e. The molecule has 1 unspecified atom stereocenters.